The van der Waals surface area contributed by atoms with Gasteiger partial charge < -0.3 is 18.3 Å². The molecule has 4 heteroatoms. The SMILES string of the molecule is C1#Cc2c(c3ccccc3n2-c2ccccc2C2=CC=C(N(c3ccccc3-c3cccc4oc5c6ccccc6ccc5c34)c3cccc4c3oc3ccccc34)CC2)C=CC1. The quantitative estimate of drug-likeness (QED) is 0.157. The van der Waals surface area contributed by atoms with Gasteiger partial charge in [0.1, 0.15) is 22.4 Å². The van der Waals surface area contributed by atoms with E-state index in [4.69, 9.17) is 8.83 Å². The summed E-state index contributed by atoms with van der Waals surface area (Å²) in [4.78, 5) is 2.44. The first kappa shape index (κ1) is 35.5. The van der Waals surface area contributed by atoms with Crippen LogP contribution >= 0.6 is 0 Å². The Morgan fingerprint density at radius 2 is 1.22 bits per heavy atom. The number of allylic oxidation sites excluding steroid dienone is 5. The molecular weight excluding hydrogens is 769 g/mol. The van der Waals surface area contributed by atoms with Gasteiger partial charge in [-0.15, -0.1) is 0 Å². The van der Waals surface area contributed by atoms with E-state index in [1.807, 2.05) is 6.07 Å². The fraction of sp³-hybridized carbons (Fsp3) is 0.0508. The van der Waals surface area contributed by atoms with Crippen molar-refractivity contribution >= 4 is 88.6 Å². The highest BCUT2D eigenvalue weighted by Crippen LogP contribution is 2.48. The lowest BCUT2D eigenvalue weighted by Crippen LogP contribution is -2.19. The summed E-state index contributed by atoms with van der Waals surface area (Å²) in [5, 5.41) is 7.92. The molecule has 296 valence electrons. The summed E-state index contributed by atoms with van der Waals surface area (Å²) in [7, 11) is 0. The lowest BCUT2D eigenvalue weighted by Gasteiger charge is -2.32. The van der Waals surface area contributed by atoms with Crippen LogP contribution in [0.5, 0.6) is 0 Å². The van der Waals surface area contributed by atoms with Crippen molar-refractivity contribution in [2.45, 2.75) is 19.3 Å². The number of furan rings is 2. The zero-order valence-corrected chi connectivity index (χ0v) is 34.3. The Morgan fingerprint density at radius 3 is 2.14 bits per heavy atom. The number of aromatic nitrogens is 1. The molecule has 4 nitrogen and oxygen atoms in total. The third kappa shape index (κ3) is 5.50. The zero-order valence-electron chi connectivity index (χ0n) is 34.3. The first-order chi connectivity index (χ1) is 31.3. The highest BCUT2D eigenvalue weighted by atomic mass is 16.3. The summed E-state index contributed by atoms with van der Waals surface area (Å²) in [6.45, 7) is 0. The van der Waals surface area contributed by atoms with Crippen LogP contribution in [-0.2, 0) is 0 Å². The molecule has 2 aliphatic carbocycles. The van der Waals surface area contributed by atoms with Crippen molar-refractivity contribution in [1.82, 2.24) is 4.57 Å². The maximum atomic E-state index is 6.80. The van der Waals surface area contributed by atoms with Crippen LogP contribution in [0.2, 0.25) is 0 Å². The van der Waals surface area contributed by atoms with Crippen LogP contribution in [0.1, 0.15) is 36.1 Å². The summed E-state index contributed by atoms with van der Waals surface area (Å²) in [6.07, 6.45) is 11.5. The second kappa shape index (κ2) is 14.2. The highest BCUT2D eigenvalue weighted by Gasteiger charge is 2.27. The molecular formula is C59H38N2O2. The van der Waals surface area contributed by atoms with E-state index in [1.165, 1.54) is 33.3 Å². The minimum atomic E-state index is 0.746. The van der Waals surface area contributed by atoms with Crippen LogP contribution in [0.15, 0.2) is 203 Å². The third-order valence-corrected chi connectivity index (χ3v) is 13.0. The van der Waals surface area contributed by atoms with Crippen LogP contribution in [-0.4, -0.2) is 4.57 Å². The van der Waals surface area contributed by atoms with Crippen molar-refractivity contribution in [2.24, 2.45) is 0 Å². The number of nitrogens with zero attached hydrogens (tertiary/aromatic N) is 2. The van der Waals surface area contributed by atoms with Crippen molar-refractivity contribution < 1.29 is 8.83 Å². The Morgan fingerprint density at radius 1 is 0.508 bits per heavy atom. The molecule has 0 spiro atoms. The molecule has 3 heterocycles. The molecule has 0 amide bonds. The highest BCUT2D eigenvalue weighted by molar-refractivity contribution is 6.20. The Balaban J connectivity index is 1.01. The smallest absolute Gasteiger partial charge is 0.159 e. The number of anilines is 2. The third-order valence-electron chi connectivity index (χ3n) is 13.0. The van der Waals surface area contributed by atoms with E-state index < -0.39 is 0 Å². The van der Waals surface area contributed by atoms with E-state index in [1.54, 1.807) is 0 Å². The molecule has 2 aliphatic rings. The Bertz CT molecular complexity index is 3850. The molecule has 3 aromatic heterocycles. The van der Waals surface area contributed by atoms with Crippen LogP contribution in [0.3, 0.4) is 0 Å². The summed E-state index contributed by atoms with van der Waals surface area (Å²) in [5.41, 5.74) is 16.1. The predicted octanol–water partition coefficient (Wildman–Crippen LogP) is 15.9. The van der Waals surface area contributed by atoms with Crippen molar-refractivity contribution in [3.8, 4) is 28.7 Å². The van der Waals surface area contributed by atoms with Gasteiger partial charge in [0.25, 0.3) is 0 Å². The van der Waals surface area contributed by atoms with Gasteiger partial charge in [0, 0.05) is 61.1 Å². The summed E-state index contributed by atoms with van der Waals surface area (Å²) in [5.74, 6) is 6.92. The second-order valence-corrected chi connectivity index (χ2v) is 16.4. The molecule has 0 bridgehead atoms. The average molecular weight is 807 g/mol. The van der Waals surface area contributed by atoms with E-state index >= 15 is 0 Å². The monoisotopic (exact) mass is 806 g/mol. The summed E-state index contributed by atoms with van der Waals surface area (Å²) < 4.78 is 15.9. The fourth-order valence-corrected chi connectivity index (χ4v) is 10.2. The topological polar surface area (TPSA) is 34.5 Å². The maximum Gasteiger partial charge on any atom is 0.159 e. The number of hydrogen-bond donors (Lipinski definition) is 0. The van der Waals surface area contributed by atoms with E-state index in [2.05, 4.69) is 209 Å². The fourth-order valence-electron chi connectivity index (χ4n) is 10.2. The minimum absolute atomic E-state index is 0.746. The average Bonchev–Trinajstić information content (AvgIpc) is 3.95. The summed E-state index contributed by atoms with van der Waals surface area (Å²) >= 11 is 0. The molecule has 63 heavy (non-hydrogen) atoms. The molecule has 8 aromatic carbocycles. The molecule has 0 N–H and O–H groups in total. The lowest BCUT2D eigenvalue weighted by molar-refractivity contribution is 0.668. The zero-order chi connectivity index (χ0) is 41.4. The number of benzene rings is 8. The van der Waals surface area contributed by atoms with Crippen LogP contribution in [0.4, 0.5) is 11.4 Å². The van der Waals surface area contributed by atoms with E-state index in [9.17, 15) is 0 Å². The van der Waals surface area contributed by atoms with E-state index in [-0.39, 0.29) is 0 Å². The second-order valence-electron chi connectivity index (χ2n) is 16.4. The Hall–Kier alpha value is -8.26. The standard InChI is InChI=1S/C59H38N2O2/c1-2-19-43-44-20-7-12-28-53(44)61(52(43)25-3-1)50-26-10-6-17-41(50)39-32-35-40(36-33-39)60(54-29-14-24-48-46-22-9-13-30-55(46)62-59(48)54)51-27-11-8-21-45(51)47-23-15-31-56-57(47)49-37-34-38-16-4-5-18-42(38)58(49)63-56/h2,4-24,26-32,34-35,37H,1,33,36H2. The molecule has 0 saturated carbocycles. The molecule has 11 aromatic rings. The number of hydrogen-bond acceptors (Lipinski definition) is 3. The van der Waals surface area contributed by atoms with Crippen LogP contribution < -0.4 is 4.90 Å². The number of fused-ring (bicyclic) bond motifs is 11. The molecule has 0 unspecified atom stereocenters. The van der Waals surface area contributed by atoms with Gasteiger partial charge in [-0.3, -0.25) is 0 Å². The van der Waals surface area contributed by atoms with Gasteiger partial charge in [0.2, 0.25) is 0 Å². The van der Waals surface area contributed by atoms with Crippen molar-refractivity contribution in [1.29, 1.82) is 0 Å². The first-order valence-electron chi connectivity index (χ1n) is 21.7. The van der Waals surface area contributed by atoms with Crippen molar-refractivity contribution in [3.63, 3.8) is 0 Å². The maximum absolute atomic E-state index is 6.80. The summed E-state index contributed by atoms with van der Waals surface area (Å²) in [6, 6.07) is 60.5. The number of rotatable bonds is 6. The largest absolute Gasteiger partial charge is 0.455 e. The molecule has 0 atom stereocenters. The molecule has 0 saturated heterocycles. The predicted molar refractivity (Wildman–Crippen MR) is 262 cm³/mol. The van der Waals surface area contributed by atoms with E-state index in [0.29, 0.717) is 0 Å². The van der Waals surface area contributed by atoms with Gasteiger partial charge in [0.15, 0.2) is 5.58 Å². The minimum Gasteiger partial charge on any atom is -0.455 e. The van der Waals surface area contributed by atoms with Gasteiger partial charge in [-0.05, 0) is 83.8 Å². The molecule has 0 aliphatic heterocycles. The molecule has 0 fully saturated rings. The molecule has 0 radical (unpaired) electrons. The van der Waals surface area contributed by atoms with Gasteiger partial charge in [-0.25, -0.2) is 0 Å². The van der Waals surface area contributed by atoms with Crippen molar-refractivity contribution in [2.75, 3.05) is 4.90 Å². The number of para-hydroxylation sites is 5. The first-order valence-corrected chi connectivity index (χ1v) is 21.7. The van der Waals surface area contributed by atoms with Gasteiger partial charge in [0.05, 0.1) is 22.6 Å². The lowest BCUT2D eigenvalue weighted by atomic mass is 9.92. The van der Waals surface area contributed by atoms with Gasteiger partial charge in [-0.2, -0.15) is 0 Å². The van der Waals surface area contributed by atoms with Gasteiger partial charge in [-0.1, -0.05) is 152 Å². The normalized spacial score (nSPS) is 13.7. The Labute approximate surface area is 363 Å². The van der Waals surface area contributed by atoms with E-state index in [0.717, 1.165) is 108 Å². The van der Waals surface area contributed by atoms with Crippen molar-refractivity contribution in [3.05, 3.63) is 211 Å². The Kier molecular flexibility index (Phi) is 7.98. The van der Waals surface area contributed by atoms with Gasteiger partial charge >= 0.3 is 0 Å². The van der Waals surface area contributed by atoms with Crippen LogP contribution in [0.25, 0.3) is 94.0 Å². The van der Waals surface area contributed by atoms with Crippen LogP contribution in [0, 0.1) is 11.8 Å². The molecule has 13 rings (SSSR count).